The van der Waals surface area contributed by atoms with Crippen molar-refractivity contribution in [3.63, 3.8) is 0 Å². The van der Waals surface area contributed by atoms with E-state index in [1.165, 1.54) is 12.5 Å². The normalized spacial score (nSPS) is 21.3. The van der Waals surface area contributed by atoms with Crippen LogP contribution in [0.4, 0.5) is 10.5 Å². The highest BCUT2D eigenvalue weighted by Crippen LogP contribution is 2.30. The molecule has 1 aliphatic carbocycles. The lowest BCUT2D eigenvalue weighted by Gasteiger charge is -2.34. The first-order chi connectivity index (χ1) is 19.1. The highest BCUT2D eigenvalue weighted by molar-refractivity contribution is 7.94. The number of anilines is 1. The van der Waals surface area contributed by atoms with Crippen molar-refractivity contribution in [1.82, 2.24) is 15.1 Å². The number of fused-ring (bicyclic) bond motifs is 1. The van der Waals surface area contributed by atoms with Gasteiger partial charge in [-0.1, -0.05) is 32.3 Å². The molecular weight excluding hydrogens is 552 g/mol. The molecule has 2 aromatic rings. The van der Waals surface area contributed by atoms with Crippen molar-refractivity contribution in [2.45, 2.75) is 74.8 Å². The zero-order chi connectivity index (χ0) is 28.9. The van der Waals surface area contributed by atoms with E-state index in [0.29, 0.717) is 30.1 Å². The average Bonchev–Trinajstić information content (AvgIpc) is 3.49. The number of hydrogen-bond acceptors (Lipinski definition) is 7. The van der Waals surface area contributed by atoms with Crippen molar-refractivity contribution in [2.24, 2.45) is 5.92 Å². The maximum Gasteiger partial charge on any atom is 0.317 e. The number of aliphatic hydroxyl groups is 1. The average molecular weight is 593 g/mol. The van der Waals surface area contributed by atoms with E-state index in [2.05, 4.69) is 10.0 Å². The highest BCUT2D eigenvalue weighted by Gasteiger charge is 2.32. The maximum atomic E-state index is 13.4. The van der Waals surface area contributed by atoms with Gasteiger partial charge in [0.2, 0.25) is 5.91 Å². The number of thiophene rings is 1. The Hall–Kier alpha value is -2.83. The van der Waals surface area contributed by atoms with Gasteiger partial charge in [-0.3, -0.25) is 9.52 Å². The Morgan fingerprint density at radius 1 is 1.25 bits per heavy atom. The van der Waals surface area contributed by atoms with Gasteiger partial charge in [-0.25, -0.2) is 13.2 Å². The maximum absolute atomic E-state index is 13.4. The number of aliphatic hydroxyl groups excluding tert-OH is 1. The summed E-state index contributed by atoms with van der Waals surface area (Å²) in [6.07, 6.45) is 4.93. The van der Waals surface area contributed by atoms with Gasteiger partial charge in [-0.2, -0.15) is 0 Å². The van der Waals surface area contributed by atoms with Gasteiger partial charge in [0.05, 0.1) is 25.6 Å². The van der Waals surface area contributed by atoms with Crippen molar-refractivity contribution in [2.75, 3.05) is 31.5 Å². The Kier molecular flexibility index (Phi) is 9.96. The SMILES string of the molecule is C[C@@H]1CN([C@@H](C)CO)C(=O)Cc2cc(NS(=O)(=O)c3cccs3)ccc2O[C@@H]1CN(C)C(=O)NC1CCCCC1. The Balaban J connectivity index is 1.58. The molecule has 0 spiro atoms. The molecule has 12 heteroatoms. The minimum atomic E-state index is -3.77. The summed E-state index contributed by atoms with van der Waals surface area (Å²) in [5.41, 5.74) is 0.845. The molecule has 10 nitrogen and oxygen atoms in total. The first-order valence-corrected chi connectivity index (χ1v) is 16.2. The number of rotatable bonds is 8. The van der Waals surface area contributed by atoms with E-state index in [9.17, 15) is 23.1 Å². The zero-order valence-electron chi connectivity index (χ0n) is 23.3. The zero-order valence-corrected chi connectivity index (χ0v) is 25.0. The van der Waals surface area contributed by atoms with Crippen molar-refractivity contribution < 1.29 is 27.9 Å². The quantitative estimate of drug-likeness (QED) is 0.429. The monoisotopic (exact) mass is 592 g/mol. The van der Waals surface area contributed by atoms with E-state index in [1.807, 2.05) is 6.92 Å². The number of hydrogen-bond donors (Lipinski definition) is 3. The standard InChI is InChI=1S/C28H40N4O6S2/c1-19-16-32(20(2)18-33)26(34)15-21-14-23(30-40(36,37)27-10-7-13-39-27)11-12-24(21)38-25(19)17-31(3)28(35)29-22-8-5-4-6-9-22/h7,10-14,19-20,22,25,30,33H,4-6,8-9,15-18H2,1-3H3,(H,29,35)/t19-,20+,25-/m1/s1. The molecule has 0 radical (unpaired) electrons. The largest absolute Gasteiger partial charge is 0.488 e. The van der Waals surface area contributed by atoms with Crippen molar-refractivity contribution in [1.29, 1.82) is 0 Å². The number of urea groups is 1. The van der Waals surface area contributed by atoms with Crippen LogP contribution < -0.4 is 14.8 Å². The van der Waals surface area contributed by atoms with Crippen molar-refractivity contribution in [3.8, 4) is 5.75 Å². The summed E-state index contributed by atoms with van der Waals surface area (Å²) in [5.74, 6) is 0.107. The molecule has 0 saturated heterocycles. The minimum Gasteiger partial charge on any atom is -0.488 e. The molecule has 40 heavy (non-hydrogen) atoms. The number of carbonyl (C=O) groups excluding carboxylic acids is 2. The number of likely N-dealkylation sites (N-methyl/N-ethyl adjacent to an activating group) is 1. The molecule has 2 aliphatic rings. The van der Waals surface area contributed by atoms with Crippen molar-refractivity contribution >= 4 is 39.0 Å². The lowest BCUT2D eigenvalue weighted by molar-refractivity contribution is -0.134. The van der Waals surface area contributed by atoms with Gasteiger partial charge in [0.1, 0.15) is 16.1 Å². The molecule has 1 aliphatic heterocycles. The predicted molar refractivity (Wildman–Crippen MR) is 155 cm³/mol. The molecule has 0 unspecified atom stereocenters. The summed E-state index contributed by atoms with van der Waals surface area (Å²) in [7, 11) is -2.03. The number of amides is 3. The van der Waals surface area contributed by atoms with Gasteiger partial charge in [-0.05, 0) is 49.4 Å². The van der Waals surface area contributed by atoms with Gasteiger partial charge in [0.15, 0.2) is 0 Å². The Bertz CT molecular complexity index is 1260. The third-order valence-corrected chi connectivity index (χ3v) is 10.4. The third-order valence-electron chi connectivity index (χ3n) is 7.66. The van der Waals surface area contributed by atoms with Gasteiger partial charge >= 0.3 is 6.03 Å². The van der Waals surface area contributed by atoms with Gasteiger partial charge < -0.3 is 25.0 Å². The Labute approximate surface area is 240 Å². The topological polar surface area (TPSA) is 128 Å². The third kappa shape index (κ3) is 7.46. The molecule has 0 bridgehead atoms. The number of nitrogens with zero attached hydrogens (tertiary/aromatic N) is 2. The fourth-order valence-corrected chi connectivity index (χ4v) is 7.26. The van der Waals surface area contributed by atoms with Crippen molar-refractivity contribution in [3.05, 3.63) is 41.3 Å². The first-order valence-electron chi connectivity index (χ1n) is 13.8. The highest BCUT2D eigenvalue weighted by atomic mass is 32.2. The van der Waals surface area contributed by atoms with Crippen LogP contribution in [0.5, 0.6) is 5.75 Å². The van der Waals surface area contributed by atoms with Gasteiger partial charge in [-0.15, -0.1) is 11.3 Å². The van der Waals surface area contributed by atoms with Crippen LogP contribution in [-0.4, -0.2) is 80.2 Å². The van der Waals surface area contributed by atoms with Crippen LogP contribution >= 0.6 is 11.3 Å². The Morgan fingerprint density at radius 3 is 2.67 bits per heavy atom. The molecule has 1 aromatic heterocycles. The number of carbonyl (C=O) groups is 2. The van der Waals surface area contributed by atoms with Crippen LogP contribution in [0.15, 0.2) is 39.9 Å². The molecule has 3 N–H and O–H groups in total. The second kappa shape index (κ2) is 13.2. The van der Waals surface area contributed by atoms with Crippen LogP contribution in [0.25, 0.3) is 0 Å². The van der Waals surface area contributed by atoms with E-state index >= 15 is 0 Å². The number of sulfonamides is 1. The second-order valence-electron chi connectivity index (χ2n) is 10.9. The van der Waals surface area contributed by atoms with E-state index in [-0.39, 0.29) is 41.1 Å². The molecule has 1 aromatic carbocycles. The van der Waals surface area contributed by atoms with E-state index in [4.69, 9.17) is 4.74 Å². The lowest BCUT2D eigenvalue weighted by atomic mass is 9.96. The fraction of sp³-hybridized carbons (Fsp3) is 0.571. The van der Waals surface area contributed by atoms with Crippen LogP contribution in [-0.2, 0) is 21.2 Å². The van der Waals surface area contributed by atoms with E-state index in [0.717, 1.165) is 37.0 Å². The molecule has 2 heterocycles. The molecule has 4 rings (SSSR count). The predicted octanol–water partition coefficient (Wildman–Crippen LogP) is 3.67. The second-order valence-corrected chi connectivity index (χ2v) is 13.8. The molecule has 3 amide bonds. The smallest absolute Gasteiger partial charge is 0.317 e. The van der Waals surface area contributed by atoms with E-state index < -0.39 is 22.2 Å². The summed E-state index contributed by atoms with van der Waals surface area (Å²) in [4.78, 5) is 29.7. The summed E-state index contributed by atoms with van der Waals surface area (Å²) < 4.78 is 34.8. The Morgan fingerprint density at radius 2 is 2.00 bits per heavy atom. The van der Waals surface area contributed by atoms with Gasteiger partial charge in [0.25, 0.3) is 10.0 Å². The van der Waals surface area contributed by atoms with Crippen LogP contribution in [0.2, 0.25) is 0 Å². The molecule has 220 valence electrons. The van der Waals surface area contributed by atoms with Crippen LogP contribution in [0.3, 0.4) is 0 Å². The van der Waals surface area contributed by atoms with Crippen LogP contribution in [0, 0.1) is 5.92 Å². The summed E-state index contributed by atoms with van der Waals surface area (Å²) in [6, 6.07) is 7.70. The van der Waals surface area contributed by atoms with Crippen LogP contribution in [0.1, 0.15) is 51.5 Å². The first kappa shape index (κ1) is 30.1. The van der Waals surface area contributed by atoms with E-state index in [1.54, 1.807) is 53.4 Å². The number of nitrogens with one attached hydrogen (secondary N) is 2. The number of benzene rings is 1. The summed E-state index contributed by atoms with van der Waals surface area (Å²) in [6.45, 7) is 4.20. The lowest BCUT2D eigenvalue weighted by Crippen LogP contribution is -2.50. The number of ether oxygens (including phenoxy) is 1. The molecule has 3 atom stereocenters. The molecule has 1 saturated carbocycles. The summed E-state index contributed by atoms with van der Waals surface area (Å²) >= 11 is 1.12. The van der Waals surface area contributed by atoms with Gasteiger partial charge in [0, 0.05) is 36.8 Å². The fourth-order valence-electron chi connectivity index (χ4n) is 5.22. The molecule has 1 fully saturated rings. The molecular formula is C28H40N4O6S2. The minimum absolute atomic E-state index is 0.0221. The summed E-state index contributed by atoms with van der Waals surface area (Å²) in [5, 5.41) is 14.7.